The molecule has 0 amide bonds. The molecule has 1 aliphatic rings. The maximum absolute atomic E-state index is 2.41. The first-order valence-corrected chi connectivity index (χ1v) is 7.06. The molecule has 0 bridgehead atoms. The first-order valence-electron chi connectivity index (χ1n) is 7.06. The Balaban J connectivity index is 0.00000161. The molecular formula is C18H21ClN2. The maximum atomic E-state index is 2.41. The molecule has 2 nitrogen and oxygen atoms in total. The number of nitrogens with zero attached hydrogens (tertiary/aromatic N) is 2. The summed E-state index contributed by atoms with van der Waals surface area (Å²) in [5.74, 6) is 0. The number of hydrogen-bond acceptors (Lipinski definition) is 2. The molecule has 1 heterocycles. The molecule has 1 aliphatic heterocycles. The van der Waals surface area contributed by atoms with E-state index in [1.165, 1.54) is 16.8 Å². The van der Waals surface area contributed by atoms with Crippen molar-refractivity contribution in [3.8, 4) is 0 Å². The molecule has 0 radical (unpaired) electrons. The Morgan fingerprint density at radius 3 is 1.90 bits per heavy atom. The van der Waals surface area contributed by atoms with Crippen LogP contribution < -0.4 is 0 Å². The first kappa shape index (κ1) is 15.5. The Hall–Kier alpha value is -1.93. The van der Waals surface area contributed by atoms with Gasteiger partial charge < -0.3 is 9.80 Å². The molecule has 3 rings (SSSR count). The van der Waals surface area contributed by atoms with Gasteiger partial charge in [-0.3, -0.25) is 0 Å². The zero-order valence-electron chi connectivity index (χ0n) is 12.3. The fourth-order valence-corrected chi connectivity index (χ4v) is 2.61. The van der Waals surface area contributed by atoms with Gasteiger partial charge >= 0.3 is 0 Å². The molecule has 0 aromatic heterocycles. The molecule has 0 saturated heterocycles. The van der Waals surface area contributed by atoms with E-state index in [9.17, 15) is 0 Å². The molecule has 0 fully saturated rings. The van der Waals surface area contributed by atoms with Gasteiger partial charge in [-0.05, 0) is 18.1 Å². The summed E-state index contributed by atoms with van der Waals surface area (Å²) in [4.78, 5) is 4.78. The minimum atomic E-state index is 0. The monoisotopic (exact) mass is 300 g/mol. The van der Waals surface area contributed by atoms with E-state index < -0.39 is 0 Å². The summed E-state index contributed by atoms with van der Waals surface area (Å²) in [6.07, 6.45) is 2.26. The van der Waals surface area contributed by atoms with Crippen LogP contribution in [0.5, 0.6) is 0 Å². The lowest BCUT2D eigenvalue weighted by Crippen LogP contribution is -2.26. The van der Waals surface area contributed by atoms with Crippen LogP contribution in [0.25, 0.3) is 0 Å². The van der Waals surface area contributed by atoms with Crippen molar-refractivity contribution in [3.63, 3.8) is 0 Å². The molecule has 0 spiro atoms. The van der Waals surface area contributed by atoms with Crippen molar-refractivity contribution < 1.29 is 0 Å². The standard InChI is InChI=1S/C18H20N2.ClH/c1-16-12-19(13-17-8-4-2-5-9-17)15-20(16)14-18-10-6-3-7-11-18;/h2-12H,13-15H2,1H3;1H. The summed E-state index contributed by atoms with van der Waals surface area (Å²) < 4.78 is 0. The smallest absolute Gasteiger partial charge is 0.0902 e. The highest BCUT2D eigenvalue weighted by atomic mass is 35.5. The van der Waals surface area contributed by atoms with Crippen LogP contribution >= 0.6 is 12.4 Å². The van der Waals surface area contributed by atoms with Gasteiger partial charge in [0.2, 0.25) is 0 Å². The van der Waals surface area contributed by atoms with Crippen molar-refractivity contribution >= 4 is 12.4 Å². The second-order valence-corrected chi connectivity index (χ2v) is 5.33. The normalized spacial score (nSPS) is 13.9. The average Bonchev–Trinajstić information content (AvgIpc) is 2.81. The summed E-state index contributed by atoms with van der Waals surface area (Å²) in [7, 11) is 0. The molecular weight excluding hydrogens is 280 g/mol. The SMILES string of the molecule is CC1=CN(Cc2ccccc2)CN1Cc1ccccc1.Cl. The van der Waals surface area contributed by atoms with Crippen LogP contribution in [-0.4, -0.2) is 16.5 Å². The van der Waals surface area contributed by atoms with E-state index in [4.69, 9.17) is 0 Å². The molecule has 0 N–H and O–H groups in total. The number of rotatable bonds is 4. The fourth-order valence-electron chi connectivity index (χ4n) is 2.61. The average molecular weight is 301 g/mol. The van der Waals surface area contributed by atoms with Crippen molar-refractivity contribution in [2.45, 2.75) is 20.0 Å². The zero-order valence-corrected chi connectivity index (χ0v) is 13.1. The van der Waals surface area contributed by atoms with E-state index in [1.54, 1.807) is 0 Å². The molecule has 21 heavy (non-hydrogen) atoms. The van der Waals surface area contributed by atoms with Gasteiger partial charge in [-0.2, -0.15) is 0 Å². The van der Waals surface area contributed by atoms with Gasteiger partial charge in [-0.15, -0.1) is 12.4 Å². The lowest BCUT2D eigenvalue weighted by Gasteiger charge is -2.23. The number of benzene rings is 2. The number of hydrogen-bond donors (Lipinski definition) is 0. The molecule has 3 heteroatoms. The minimum Gasteiger partial charge on any atom is -0.354 e. The quantitative estimate of drug-likeness (QED) is 0.833. The predicted molar refractivity (Wildman–Crippen MR) is 89.8 cm³/mol. The van der Waals surface area contributed by atoms with E-state index in [0.29, 0.717) is 0 Å². The lowest BCUT2D eigenvalue weighted by atomic mass is 10.2. The van der Waals surface area contributed by atoms with Crippen LogP contribution in [-0.2, 0) is 13.1 Å². The third kappa shape index (κ3) is 4.02. The van der Waals surface area contributed by atoms with Gasteiger partial charge in [0.25, 0.3) is 0 Å². The van der Waals surface area contributed by atoms with E-state index in [2.05, 4.69) is 83.6 Å². The van der Waals surface area contributed by atoms with Crippen LogP contribution in [0.2, 0.25) is 0 Å². The molecule has 0 aliphatic carbocycles. The van der Waals surface area contributed by atoms with Crippen LogP contribution in [0.15, 0.2) is 72.6 Å². The van der Waals surface area contributed by atoms with Crippen LogP contribution in [0.3, 0.4) is 0 Å². The fraction of sp³-hybridized carbons (Fsp3) is 0.222. The van der Waals surface area contributed by atoms with Gasteiger partial charge in [-0.25, -0.2) is 0 Å². The Morgan fingerprint density at radius 1 is 0.810 bits per heavy atom. The van der Waals surface area contributed by atoms with Crippen molar-refractivity contribution in [3.05, 3.63) is 83.7 Å². The van der Waals surface area contributed by atoms with Crippen LogP contribution in [0, 0.1) is 0 Å². The molecule has 110 valence electrons. The summed E-state index contributed by atoms with van der Waals surface area (Å²) >= 11 is 0. The Labute approximate surface area is 133 Å². The summed E-state index contributed by atoms with van der Waals surface area (Å²) in [5.41, 5.74) is 4.06. The summed E-state index contributed by atoms with van der Waals surface area (Å²) in [6.45, 7) is 5.11. The highest BCUT2D eigenvalue weighted by Gasteiger charge is 2.17. The summed E-state index contributed by atoms with van der Waals surface area (Å²) in [6, 6.07) is 21.3. The first-order chi connectivity index (χ1) is 9.81. The molecule has 2 aromatic rings. The van der Waals surface area contributed by atoms with Crippen molar-refractivity contribution in [2.24, 2.45) is 0 Å². The van der Waals surface area contributed by atoms with E-state index in [1.807, 2.05) is 0 Å². The summed E-state index contributed by atoms with van der Waals surface area (Å²) in [5, 5.41) is 0. The van der Waals surface area contributed by atoms with Crippen LogP contribution in [0.4, 0.5) is 0 Å². The van der Waals surface area contributed by atoms with Gasteiger partial charge in [0.15, 0.2) is 0 Å². The van der Waals surface area contributed by atoms with Crippen LogP contribution in [0.1, 0.15) is 18.1 Å². The Bertz CT molecular complexity index is 581. The van der Waals surface area contributed by atoms with E-state index in [0.717, 1.165) is 19.8 Å². The Morgan fingerprint density at radius 2 is 1.33 bits per heavy atom. The number of allylic oxidation sites excluding steroid dienone is 1. The Kier molecular flexibility index (Phi) is 5.29. The van der Waals surface area contributed by atoms with Crippen molar-refractivity contribution in [2.75, 3.05) is 6.67 Å². The third-order valence-corrected chi connectivity index (χ3v) is 3.67. The van der Waals surface area contributed by atoms with E-state index in [-0.39, 0.29) is 12.4 Å². The van der Waals surface area contributed by atoms with Crippen molar-refractivity contribution in [1.29, 1.82) is 0 Å². The molecule has 0 atom stereocenters. The van der Waals surface area contributed by atoms with Gasteiger partial charge in [0, 0.05) is 25.0 Å². The second kappa shape index (κ2) is 7.19. The largest absolute Gasteiger partial charge is 0.354 e. The topological polar surface area (TPSA) is 6.48 Å². The molecule has 0 unspecified atom stereocenters. The predicted octanol–water partition coefficient (Wildman–Crippen LogP) is 4.25. The number of halogens is 1. The van der Waals surface area contributed by atoms with Gasteiger partial charge in [0.1, 0.15) is 0 Å². The third-order valence-electron chi connectivity index (χ3n) is 3.67. The second-order valence-electron chi connectivity index (χ2n) is 5.33. The molecule has 0 saturated carbocycles. The highest BCUT2D eigenvalue weighted by molar-refractivity contribution is 5.85. The van der Waals surface area contributed by atoms with E-state index >= 15 is 0 Å². The molecule has 2 aromatic carbocycles. The highest BCUT2D eigenvalue weighted by Crippen LogP contribution is 2.20. The minimum absolute atomic E-state index is 0. The maximum Gasteiger partial charge on any atom is 0.0902 e. The zero-order chi connectivity index (χ0) is 13.8. The van der Waals surface area contributed by atoms with Gasteiger partial charge in [-0.1, -0.05) is 60.7 Å². The van der Waals surface area contributed by atoms with Crippen molar-refractivity contribution in [1.82, 2.24) is 9.80 Å². The lowest BCUT2D eigenvalue weighted by molar-refractivity contribution is 0.244. The van der Waals surface area contributed by atoms with Gasteiger partial charge in [0.05, 0.1) is 6.67 Å².